The molecule has 0 aliphatic carbocycles. The first kappa shape index (κ1) is 18.8. The van der Waals surface area contributed by atoms with Crippen LogP contribution in [0.25, 0.3) is 27.4 Å². The van der Waals surface area contributed by atoms with Crippen LogP contribution < -0.4 is 5.49 Å². The lowest BCUT2D eigenvalue weighted by molar-refractivity contribution is 0.608. The average molecular weight is 413 g/mol. The van der Waals surface area contributed by atoms with Gasteiger partial charge >= 0.3 is 0 Å². The van der Waals surface area contributed by atoms with Crippen LogP contribution >= 0.6 is 0 Å². The van der Waals surface area contributed by atoms with Crippen molar-refractivity contribution in [3.05, 3.63) is 132 Å². The van der Waals surface area contributed by atoms with Crippen LogP contribution in [0.2, 0.25) is 0 Å². The number of hydrogen-bond donors (Lipinski definition) is 0. The summed E-state index contributed by atoms with van der Waals surface area (Å²) < 4.78 is 2.29. The minimum atomic E-state index is -0.313. The number of fused-ring (bicyclic) bond motifs is 2. The normalized spacial score (nSPS) is 15.4. The maximum atomic E-state index is 4.74. The van der Waals surface area contributed by atoms with Crippen molar-refractivity contribution >= 4 is 27.4 Å². The quantitative estimate of drug-likeness (QED) is 0.293. The van der Waals surface area contributed by atoms with E-state index >= 15 is 0 Å². The first-order chi connectivity index (χ1) is 15.8. The first-order valence-corrected chi connectivity index (χ1v) is 11.0. The van der Waals surface area contributed by atoms with Crippen LogP contribution in [-0.4, -0.2) is 11.6 Å². The molecular formula is C30H24N2. The fraction of sp³-hybridized carbons (Fsp3) is 0.100. The number of nitrogens with zero attached hydrogens (tertiary/aromatic N) is 2. The van der Waals surface area contributed by atoms with Crippen molar-refractivity contribution in [2.45, 2.75) is 11.8 Å². The molecule has 0 saturated carbocycles. The van der Waals surface area contributed by atoms with Gasteiger partial charge in [0, 0.05) is 29.9 Å². The molecule has 1 aliphatic rings. The lowest BCUT2D eigenvalue weighted by Crippen LogP contribution is -2.37. The molecule has 0 spiro atoms. The number of benzene rings is 4. The lowest BCUT2D eigenvalue weighted by Gasteiger charge is -2.42. The van der Waals surface area contributed by atoms with Gasteiger partial charge in [0.15, 0.2) is 0 Å². The molecule has 6 rings (SSSR count). The largest absolute Gasteiger partial charge is 0.298 e. The highest BCUT2D eigenvalue weighted by atomic mass is 15.0. The van der Waals surface area contributed by atoms with Crippen LogP contribution in [0.1, 0.15) is 23.1 Å². The van der Waals surface area contributed by atoms with Gasteiger partial charge in [-0.3, -0.25) is 9.56 Å². The van der Waals surface area contributed by atoms with E-state index in [0.717, 1.165) is 23.0 Å². The minimum absolute atomic E-state index is 0.313. The van der Waals surface area contributed by atoms with E-state index in [-0.39, 0.29) is 5.41 Å². The number of allylic oxidation sites excluding steroid dienone is 1. The zero-order valence-electron chi connectivity index (χ0n) is 18.1. The molecule has 2 heteroatoms. The SMILES string of the molecule is C=C1CC(c2ccccc2)(c2ccccc2)c2cccc3c4ccccc4c(=NC)n1c23. The summed E-state index contributed by atoms with van der Waals surface area (Å²) >= 11 is 0. The Morgan fingerprint density at radius 2 is 1.25 bits per heavy atom. The maximum Gasteiger partial charge on any atom is 0.140 e. The molecule has 0 atom stereocenters. The van der Waals surface area contributed by atoms with E-state index in [1.165, 1.54) is 33.0 Å². The Balaban J connectivity index is 1.88. The molecule has 0 saturated heterocycles. The van der Waals surface area contributed by atoms with Crippen molar-refractivity contribution in [3.63, 3.8) is 0 Å². The van der Waals surface area contributed by atoms with E-state index in [2.05, 4.69) is 114 Å². The maximum absolute atomic E-state index is 4.74. The van der Waals surface area contributed by atoms with Crippen molar-refractivity contribution in [3.8, 4) is 0 Å². The Kier molecular flexibility index (Phi) is 4.16. The van der Waals surface area contributed by atoms with Gasteiger partial charge in [-0.15, -0.1) is 0 Å². The molecule has 0 N–H and O–H groups in total. The predicted molar refractivity (Wildman–Crippen MR) is 134 cm³/mol. The van der Waals surface area contributed by atoms with Gasteiger partial charge in [-0.2, -0.15) is 0 Å². The highest BCUT2D eigenvalue weighted by Crippen LogP contribution is 2.50. The smallest absolute Gasteiger partial charge is 0.140 e. The summed E-state index contributed by atoms with van der Waals surface area (Å²) in [6, 6.07) is 37.0. The highest BCUT2D eigenvalue weighted by molar-refractivity contribution is 6.08. The van der Waals surface area contributed by atoms with Crippen LogP contribution in [0.3, 0.4) is 0 Å². The van der Waals surface area contributed by atoms with Crippen LogP contribution in [0.15, 0.2) is 115 Å². The Bertz CT molecular complexity index is 1520. The van der Waals surface area contributed by atoms with Gasteiger partial charge in [0.2, 0.25) is 0 Å². The molecule has 1 aliphatic heterocycles. The van der Waals surface area contributed by atoms with E-state index in [1.54, 1.807) is 0 Å². The van der Waals surface area contributed by atoms with E-state index < -0.39 is 0 Å². The second kappa shape index (κ2) is 7.06. The fourth-order valence-electron chi connectivity index (χ4n) is 5.62. The van der Waals surface area contributed by atoms with Crippen LogP contribution in [-0.2, 0) is 5.41 Å². The van der Waals surface area contributed by atoms with Crippen LogP contribution in [0, 0.1) is 0 Å². The molecule has 0 bridgehead atoms. The molecule has 32 heavy (non-hydrogen) atoms. The number of hydrogen-bond acceptors (Lipinski definition) is 1. The summed E-state index contributed by atoms with van der Waals surface area (Å²) in [7, 11) is 1.88. The Labute approximate surface area is 187 Å². The van der Waals surface area contributed by atoms with Crippen molar-refractivity contribution in [1.82, 2.24) is 4.57 Å². The van der Waals surface area contributed by atoms with Crippen molar-refractivity contribution in [2.75, 3.05) is 7.05 Å². The number of pyridine rings is 1. The Hall–Kier alpha value is -3.91. The van der Waals surface area contributed by atoms with E-state index in [9.17, 15) is 0 Å². The third-order valence-corrected chi connectivity index (χ3v) is 6.92. The lowest BCUT2D eigenvalue weighted by atomic mass is 9.64. The van der Waals surface area contributed by atoms with Gasteiger partial charge < -0.3 is 0 Å². The third kappa shape index (κ3) is 2.44. The molecule has 4 aromatic carbocycles. The molecule has 2 nitrogen and oxygen atoms in total. The molecule has 0 fully saturated rings. The summed E-state index contributed by atoms with van der Waals surface area (Å²) in [6.07, 6.45) is 0.790. The van der Waals surface area contributed by atoms with E-state index in [1.807, 2.05) is 7.05 Å². The summed E-state index contributed by atoms with van der Waals surface area (Å²) in [4.78, 5) is 4.74. The van der Waals surface area contributed by atoms with Crippen molar-refractivity contribution in [2.24, 2.45) is 4.99 Å². The van der Waals surface area contributed by atoms with Gasteiger partial charge in [0.05, 0.1) is 10.9 Å². The van der Waals surface area contributed by atoms with Crippen molar-refractivity contribution in [1.29, 1.82) is 0 Å². The molecular weight excluding hydrogens is 388 g/mol. The van der Waals surface area contributed by atoms with Gasteiger partial charge in [-0.05, 0) is 22.1 Å². The Morgan fingerprint density at radius 1 is 0.688 bits per heavy atom. The second-order valence-corrected chi connectivity index (χ2v) is 8.51. The molecule has 5 aromatic rings. The molecule has 0 amide bonds. The first-order valence-electron chi connectivity index (χ1n) is 11.0. The average Bonchev–Trinajstić information content (AvgIpc) is 2.87. The zero-order chi connectivity index (χ0) is 21.7. The summed E-state index contributed by atoms with van der Waals surface area (Å²) in [6.45, 7) is 4.60. The van der Waals surface area contributed by atoms with Crippen LogP contribution in [0.4, 0.5) is 0 Å². The zero-order valence-corrected chi connectivity index (χ0v) is 18.1. The predicted octanol–water partition coefficient (Wildman–Crippen LogP) is 6.53. The number of rotatable bonds is 2. The molecule has 1 aromatic heterocycles. The molecule has 0 unspecified atom stereocenters. The second-order valence-electron chi connectivity index (χ2n) is 8.51. The van der Waals surface area contributed by atoms with E-state index in [4.69, 9.17) is 4.99 Å². The summed E-state index contributed by atoms with van der Waals surface area (Å²) in [5.41, 5.74) is 6.80. The highest BCUT2D eigenvalue weighted by Gasteiger charge is 2.42. The third-order valence-electron chi connectivity index (χ3n) is 6.92. The van der Waals surface area contributed by atoms with E-state index in [0.29, 0.717) is 0 Å². The Morgan fingerprint density at radius 3 is 1.88 bits per heavy atom. The van der Waals surface area contributed by atoms with Gasteiger partial charge in [-0.1, -0.05) is 110 Å². The van der Waals surface area contributed by atoms with Gasteiger partial charge in [0.25, 0.3) is 0 Å². The topological polar surface area (TPSA) is 17.3 Å². The number of para-hydroxylation sites is 1. The number of aromatic nitrogens is 1. The summed E-state index contributed by atoms with van der Waals surface area (Å²) in [5.74, 6) is 0. The van der Waals surface area contributed by atoms with Crippen molar-refractivity contribution < 1.29 is 0 Å². The van der Waals surface area contributed by atoms with Gasteiger partial charge in [-0.25, -0.2) is 0 Å². The molecule has 154 valence electrons. The van der Waals surface area contributed by atoms with Gasteiger partial charge in [0.1, 0.15) is 5.49 Å². The van der Waals surface area contributed by atoms with Crippen LogP contribution in [0.5, 0.6) is 0 Å². The monoisotopic (exact) mass is 412 g/mol. The minimum Gasteiger partial charge on any atom is -0.298 e. The molecule has 0 radical (unpaired) electrons. The standard InChI is InChI=1S/C30H24N2/c1-21-20-30(22-12-5-3-6-13-22,23-14-7-4-8-15-23)27-19-11-18-25-24-16-9-10-17-26(24)29(31-2)32(21)28(25)27/h3-19H,1,20H2,2H3. The molecule has 2 heterocycles. The summed E-state index contributed by atoms with van der Waals surface area (Å²) in [5, 5.41) is 3.63. The fourth-order valence-corrected chi connectivity index (χ4v) is 5.62.